The van der Waals surface area contributed by atoms with Crippen molar-refractivity contribution in [1.29, 1.82) is 0 Å². The van der Waals surface area contributed by atoms with Gasteiger partial charge >= 0.3 is 11.8 Å². The van der Waals surface area contributed by atoms with E-state index in [9.17, 15) is 14.9 Å². The number of nitrogens with one attached hydrogen (secondary N) is 1. The van der Waals surface area contributed by atoms with Crippen molar-refractivity contribution in [2.24, 2.45) is 7.05 Å². The molecule has 3 unspecified atom stereocenters. The molecule has 0 bridgehead atoms. The van der Waals surface area contributed by atoms with E-state index in [1.807, 2.05) is 0 Å². The lowest BCUT2D eigenvalue weighted by molar-refractivity contribution is -0.386. The quantitative estimate of drug-likeness (QED) is 0.493. The lowest BCUT2D eigenvalue weighted by Gasteiger charge is -2.23. The Morgan fingerprint density at radius 2 is 2.26 bits per heavy atom. The Morgan fingerprint density at radius 1 is 1.61 bits per heavy atom. The van der Waals surface area contributed by atoms with E-state index in [-0.39, 0.29) is 37.1 Å². The van der Waals surface area contributed by atoms with Gasteiger partial charge < -0.3 is 15.2 Å². The van der Waals surface area contributed by atoms with E-state index in [1.54, 1.807) is 0 Å². The molecule has 1 aliphatic carbocycles. The summed E-state index contributed by atoms with van der Waals surface area (Å²) in [4.78, 5) is 21.3. The van der Waals surface area contributed by atoms with Gasteiger partial charge in [0.2, 0.25) is 0 Å². The summed E-state index contributed by atoms with van der Waals surface area (Å²) in [5.41, 5.74) is -2.42. The molecule has 0 saturated heterocycles. The molecule has 1 amide bonds. The summed E-state index contributed by atoms with van der Waals surface area (Å²) >= 11 is 0. The Kier molecular flexibility index (Phi) is 4.83. The summed E-state index contributed by atoms with van der Waals surface area (Å²) in [6, 6.07) is -0.567. The van der Waals surface area contributed by atoms with Crippen molar-refractivity contribution < 1.29 is 24.0 Å². The highest BCUT2D eigenvalue weighted by molar-refractivity contribution is 5.65. The lowest BCUT2D eigenvalue weighted by Crippen LogP contribution is -2.42. The number of rotatable bonds is 4. The van der Waals surface area contributed by atoms with Crippen LogP contribution in [0.5, 0.6) is 0 Å². The molecule has 9 nitrogen and oxygen atoms in total. The molecule has 23 heavy (non-hydrogen) atoms. The molecule has 0 radical (unpaired) electrons. The Labute approximate surface area is 131 Å². The third-order valence-electron chi connectivity index (χ3n) is 4.28. The fourth-order valence-corrected chi connectivity index (χ4v) is 3.19. The maximum atomic E-state index is 15.5. The minimum Gasteiger partial charge on any atom is -0.465 e. The van der Waals surface area contributed by atoms with Crippen molar-refractivity contribution in [3.05, 3.63) is 22.0 Å². The fraction of sp³-hybridized carbons (Fsp3) is 0.692. The van der Waals surface area contributed by atoms with Crippen LogP contribution in [0.1, 0.15) is 31.4 Å². The number of carboxylic acid groups (broad SMARTS) is 1. The molecule has 2 N–H and O–H groups in total. The van der Waals surface area contributed by atoms with Crippen molar-refractivity contribution in [2.45, 2.75) is 43.5 Å². The predicted molar refractivity (Wildman–Crippen MR) is 76.9 cm³/mol. The largest absolute Gasteiger partial charge is 0.465 e. The summed E-state index contributed by atoms with van der Waals surface area (Å²) in [5, 5.41) is 26.1. The summed E-state index contributed by atoms with van der Waals surface area (Å²) in [6.45, 7) is 0. The van der Waals surface area contributed by atoms with Gasteiger partial charge in [0, 0.05) is 14.2 Å². The van der Waals surface area contributed by atoms with Crippen molar-refractivity contribution in [1.82, 2.24) is 15.1 Å². The van der Waals surface area contributed by atoms with Crippen LogP contribution in [-0.4, -0.2) is 45.2 Å². The summed E-state index contributed by atoms with van der Waals surface area (Å²) in [5.74, 6) is 0. The normalized spacial score (nSPS) is 28.1. The minimum atomic E-state index is -1.96. The third kappa shape index (κ3) is 3.41. The highest BCUT2D eigenvalue weighted by Crippen LogP contribution is 2.43. The van der Waals surface area contributed by atoms with Crippen molar-refractivity contribution in [3.63, 3.8) is 0 Å². The van der Waals surface area contributed by atoms with E-state index in [0.29, 0.717) is 0 Å². The van der Waals surface area contributed by atoms with Gasteiger partial charge in [-0.25, -0.2) is 9.18 Å². The number of nitrogens with zero attached hydrogens (tertiary/aromatic N) is 3. The van der Waals surface area contributed by atoms with Crippen LogP contribution in [0.25, 0.3) is 0 Å². The smallest absolute Gasteiger partial charge is 0.404 e. The molecule has 3 atom stereocenters. The average molecular weight is 330 g/mol. The van der Waals surface area contributed by atoms with Crippen molar-refractivity contribution >= 4 is 11.8 Å². The highest BCUT2D eigenvalue weighted by Gasteiger charge is 2.45. The second kappa shape index (κ2) is 6.49. The van der Waals surface area contributed by atoms with Gasteiger partial charge in [0.15, 0.2) is 11.4 Å². The molecule has 1 aromatic heterocycles. The van der Waals surface area contributed by atoms with Crippen LogP contribution in [0, 0.1) is 10.1 Å². The van der Waals surface area contributed by atoms with Crippen molar-refractivity contribution in [2.75, 3.05) is 7.11 Å². The molecule has 0 aromatic carbocycles. The molecule has 0 spiro atoms. The molecule has 2 rings (SSSR count). The van der Waals surface area contributed by atoms with E-state index in [0.717, 1.165) is 6.20 Å². The number of aryl methyl sites for hydroxylation is 1. The lowest BCUT2D eigenvalue weighted by atomic mass is 9.91. The topological polar surface area (TPSA) is 120 Å². The van der Waals surface area contributed by atoms with Crippen LogP contribution in [-0.2, 0) is 17.5 Å². The van der Waals surface area contributed by atoms with E-state index in [2.05, 4.69) is 10.4 Å². The second-order valence-electron chi connectivity index (χ2n) is 5.63. The van der Waals surface area contributed by atoms with Gasteiger partial charge in [-0.05, 0) is 25.7 Å². The van der Waals surface area contributed by atoms with Gasteiger partial charge in [-0.2, -0.15) is 5.10 Å². The predicted octanol–water partition coefficient (Wildman–Crippen LogP) is 1.72. The van der Waals surface area contributed by atoms with E-state index in [4.69, 9.17) is 9.84 Å². The maximum Gasteiger partial charge on any atom is 0.404 e. The number of alkyl halides is 1. The zero-order chi connectivity index (χ0) is 17.2. The maximum absolute atomic E-state index is 15.5. The zero-order valence-corrected chi connectivity index (χ0v) is 12.9. The molecule has 1 fully saturated rings. The van der Waals surface area contributed by atoms with Gasteiger partial charge in [-0.3, -0.25) is 14.8 Å². The summed E-state index contributed by atoms with van der Waals surface area (Å²) in [7, 11) is 2.88. The number of ether oxygens (including phenoxy) is 1. The third-order valence-corrected chi connectivity index (χ3v) is 4.28. The first-order valence-corrected chi connectivity index (χ1v) is 7.16. The van der Waals surface area contributed by atoms with Crippen LogP contribution in [0.15, 0.2) is 6.20 Å². The van der Waals surface area contributed by atoms with Crippen LogP contribution < -0.4 is 5.32 Å². The Bertz CT molecular complexity index is 607. The minimum absolute atomic E-state index is 0.0102. The zero-order valence-electron chi connectivity index (χ0n) is 12.9. The fourth-order valence-electron chi connectivity index (χ4n) is 3.19. The molecule has 10 heteroatoms. The monoisotopic (exact) mass is 330 g/mol. The Balaban J connectivity index is 2.32. The standard InChI is InChI=1S/C13H19FN4O5/c1-17-11(9(7-15-17)18(21)22)13(14)5-3-8(16-12(19)20)10(23-2)4-6-13/h7-8,10,16H,3-6H2,1-2H3,(H,19,20). The molecule has 0 aliphatic heterocycles. The molecular formula is C13H19FN4O5. The van der Waals surface area contributed by atoms with Crippen LogP contribution >= 0.6 is 0 Å². The number of hydrogen-bond donors (Lipinski definition) is 2. The number of methoxy groups -OCH3 is 1. The summed E-state index contributed by atoms with van der Waals surface area (Å²) in [6.07, 6.45) is -0.334. The Morgan fingerprint density at radius 3 is 2.83 bits per heavy atom. The van der Waals surface area contributed by atoms with Gasteiger partial charge in [0.25, 0.3) is 0 Å². The Hall–Kier alpha value is -2.23. The second-order valence-corrected chi connectivity index (χ2v) is 5.63. The first kappa shape index (κ1) is 17.1. The van der Waals surface area contributed by atoms with E-state index < -0.39 is 28.8 Å². The average Bonchev–Trinajstić information content (AvgIpc) is 2.79. The number of halogens is 1. The SMILES string of the molecule is COC1CCC(F)(c2c([N+](=O)[O-])cnn2C)CCC1NC(=O)O. The van der Waals surface area contributed by atoms with Crippen molar-refractivity contribution in [3.8, 4) is 0 Å². The highest BCUT2D eigenvalue weighted by atomic mass is 19.1. The summed E-state index contributed by atoms with van der Waals surface area (Å²) < 4.78 is 21.9. The number of hydrogen-bond acceptors (Lipinski definition) is 5. The van der Waals surface area contributed by atoms with Crippen LogP contribution in [0.3, 0.4) is 0 Å². The molecule has 1 saturated carbocycles. The van der Waals surface area contributed by atoms with Gasteiger partial charge in [-0.15, -0.1) is 0 Å². The number of amides is 1. The number of aromatic nitrogens is 2. The number of carbonyl (C=O) groups is 1. The van der Waals surface area contributed by atoms with Gasteiger partial charge in [0.05, 0.1) is 17.1 Å². The van der Waals surface area contributed by atoms with E-state index >= 15 is 4.39 Å². The molecule has 128 valence electrons. The molecule has 1 heterocycles. The van der Waals surface area contributed by atoms with Gasteiger partial charge in [0.1, 0.15) is 6.20 Å². The van der Waals surface area contributed by atoms with Crippen LogP contribution in [0.4, 0.5) is 14.9 Å². The van der Waals surface area contributed by atoms with Gasteiger partial charge in [-0.1, -0.05) is 0 Å². The van der Waals surface area contributed by atoms with Crippen LogP contribution in [0.2, 0.25) is 0 Å². The molecule has 1 aromatic rings. The molecular weight excluding hydrogens is 311 g/mol. The van der Waals surface area contributed by atoms with E-state index in [1.165, 1.54) is 18.8 Å². The molecule has 1 aliphatic rings. The number of nitro groups is 1. The first-order valence-electron chi connectivity index (χ1n) is 7.16. The first-order chi connectivity index (χ1) is 10.8.